The Morgan fingerprint density at radius 3 is 2.90 bits per heavy atom. The zero-order valence-corrected chi connectivity index (χ0v) is 12.5. The largest absolute Gasteiger partial charge is 0.486 e. The van der Waals surface area contributed by atoms with Gasteiger partial charge >= 0.3 is 0 Å². The van der Waals surface area contributed by atoms with E-state index in [0.29, 0.717) is 31.8 Å². The van der Waals surface area contributed by atoms with E-state index in [0.717, 1.165) is 22.1 Å². The third-order valence-corrected chi connectivity index (χ3v) is 3.92. The number of aryl methyl sites for hydroxylation is 2. The molecule has 0 aliphatic carbocycles. The van der Waals surface area contributed by atoms with Gasteiger partial charge in [-0.05, 0) is 25.5 Å². The third kappa shape index (κ3) is 3.52. The normalized spacial score (nSPS) is 13.0. The van der Waals surface area contributed by atoms with E-state index < -0.39 is 0 Å². The van der Waals surface area contributed by atoms with Crippen LogP contribution in [0.15, 0.2) is 23.6 Å². The predicted molar refractivity (Wildman–Crippen MR) is 81.2 cm³/mol. The Morgan fingerprint density at radius 1 is 1.33 bits per heavy atom. The van der Waals surface area contributed by atoms with Gasteiger partial charge in [-0.1, -0.05) is 0 Å². The van der Waals surface area contributed by atoms with Crippen LogP contribution in [0.25, 0.3) is 0 Å². The van der Waals surface area contributed by atoms with Crippen LogP contribution in [0.5, 0.6) is 11.5 Å². The number of hydrogen-bond acceptors (Lipinski definition) is 5. The van der Waals surface area contributed by atoms with E-state index in [9.17, 15) is 4.79 Å². The summed E-state index contributed by atoms with van der Waals surface area (Å²) < 4.78 is 10.9. The Labute approximate surface area is 126 Å². The van der Waals surface area contributed by atoms with Crippen LogP contribution in [-0.4, -0.2) is 24.1 Å². The lowest BCUT2D eigenvalue weighted by Crippen LogP contribution is -2.16. The van der Waals surface area contributed by atoms with Crippen LogP contribution >= 0.6 is 11.3 Å². The number of thiazole rings is 1. The van der Waals surface area contributed by atoms with Gasteiger partial charge in [-0.3, -0.25) is 4.79 Å². The Balaban J connectivity index is 1.57. The highest BCUT2D eigenvalue weighted by molar-refractivity contribution is 7.09. The van der Waals surface area contributed by atoms with Crippen molar-refractivity contribution in [2.75, 3.05) is 18.5 Å². The van der Waals surface area contributed by atoms with Crippen LogP contribution in [0.4, 0.5) is 5.69 Å². The zero-order chi connectivity index (χ0) is 14.7. The van der Waals surface area contributed by atoms with Gasteiger partial charge in [0.2, 0.25) is 5.91 Å². The summed E-state index contributed by atoms with van der Waals surface area (Å²) in [4.78, 5) is 16.3. The lowest BCUT2D eigenvalue weighted by molar-refractivity contribution is -0.116. The first-order chi connectivity index (χ1) is 10.2. The van der Waals surface area contributed by atoms with Crippen molar-refractivity contribution in [3.8, 4) is 11.5 Å². The van der Waals surface area contributed by atoms with Gasteiger partial charge in [-0.15, -0.1) is 11.3 Å². The number of rotatable bonds is 4. The van der Waals surface area contributed by atoms with Gasteiger partial charge in [-0.25, -0.2) is 4.98 Å². The van der Waals surface area contributed by atoms with E-state index in [1.54, 1.807) is 17.4 Å². The molecule has 3 rings (SSSR count). The van der Waals surface area contributed by atoms with E-state index in [4.69, 9.17) is 9.47 Å². The number of nitrogens with one attached hydrogen (secondary N) is 1. The van der Waals surface area contributed by atoms with Crippen LogP contribution in [0.1, 0.15) is 17.1 Å². The van der Waals surface area contributed by atoms with E-state index in [-0.39, 0.29) is 5.91 Å². The molecule has 0 atom stereocenters. The van der Waals surface area contributed by atoms with Crippen LogP contribution in [0.2, 0.25) is 0 Å². The minimum atomic E-state index is -0.0302. The summed E-state index contributed by atoms with van der Waals surface area (Å²) in [6.45, 7) is 3.06. The molecule has 1 aliphatic heterocycles. The summed E-state index contributed by atoms with van der Waals surface area (Å²) in [6, 6.07) is 5.42. The number of carbonyl (C=O) groups excluding carboxylic acids is 1. The molecule has 6 heteroatoms. The fourth-order valence-corrected chi connectivity index (χ4v) is 2.76. The molecule has 2 aromatic rings. The predicted octanol–water partition coefficient (Wildman–Crippen LogP) is 2.79. The lowest BCUT2D eigenvalue weighted by Gasteiger charge is -2.19. The molecule has 1 N–H and O–H groups in total. The van der Waals surface area contributed by atoms with Crippen LogP contribution < -0.4 is 14.8 Å². The molecule has 0 radical (unpaired) electrons. The van der Waals surface area contributed by atoms with Crippen LogP contribution in [-0.2, 0) is 11.2 Å². The number of ether oxygens (including phenoxy) is 2. The molecule has 0 saturated carbocycles. The standard InChI is InChI=1S/C15H16N2O3S/c1-10-16-12(9-21-10)3-5-15(18)17-11-2-4-13-14(8-11)20-7-6-19-13/h2,4,8-9H,3,5-7H2,1H3,(H,17,18). The molecule has 0 bridgehead atoms. The molecule has 1 aromatic heterocycles. The van der Waals surface area contributed by atoms with Gasteiger partial charge in [0.25, 0.3) is 0 Å². The molecule has 1 amide bonds. The van der Waals surface area contributed by atoms with Crippen molar-refractivity contribution in [2.24, 2.45) is 0 Å². The smallest absolute Gasteiger partial charge is 0.224 e. The number of fused-ring (bicyclic) bond motifs is 1. The fourth-order valence-electron chi connectivity index (χ4n) is 2.11. The van der Waals surface area contributed by atoms with Crippen LogP contribution in [0.3, 0.4) is 0 Å². The zero-order valence-electron chi connectivity index (χ0n) is 11.7. The molecule has 0 spiro atoms. The number of amides is 1. The molecular weight excluding hydrogens is 288 g/mol. The van der Waals surface area contributed by atoms with E-state index in [1.807, 2.05) is 24.4 Å². The molecule has 2 heterocycles. The second kappa shape index (κ2) is 6.13. The number of carbonyl (C=O) groups is 1. The van der Waals surface area contributed by atoms with Gasteiger partial charge in [0.1, 0.15) is 13.2 Å². The fraction of sp³-hybridized carbons (Fsp3) is 0.333. The summed E-state index contributed by atoms with van der Waals surface area (Å²) in [5, 5.41) is 5.89. The molecule has 1 aliphatic rings. The Bertz CT molecular complexity index is 654. The summed E-state index contributed by atoms with van der Waals surface area (Å²) in [5.41, 5.74) is 1.69. The molecular formula is C15H16N2O3S. The molecule has 1 aromatic carbocycles. The second-order valence-electron chi connectivity index (χ2n) is 4.76. The third-order valence-electron chi connectivity index (χ3n) is 3.10. The number of aromatic nitrogens is 1. The maximum absolute atomic E-state index is 12.0. The quantitative estimate of drug-likeness (QED) is 0.943. The highest BCUT2D eigenvalue weighted by atomic mass is 32.1. The minimum absolute atomic E-state index is 0.0302. The second-order valence-corrected chi connectivity index (χ2v) is 5.83. The monoisotopic (exact) mass is 304 g/mol. The average molecular weight is 304 g/mol. The first kappa shape index (κ1) is 13.9. The SMILES string of the molecule is Cc1nc(CCC(=O)Nc2ccc3c(c2)OCCO3)cs1. The maximum Gasteiger partial charge on any atom is 0.224 e. The maximum atomic E-state index is 12.0. The summed E-state index contributed by atoms with van der Waals surface area (Å²) in [6.07, 6.45) is 1.07. The van der Waals surface area contributed by atoms with Gasteiger partial charge < -0.3 is 14.8 Å². The molecule has 0 fully saturated rings. The Kier molecular flexibility index (Phi) is 4.06. The number of anilines is 1. The lowest BCUT2D eigenvalue weighted by atomic mass is 10.2. The number of hydrogen-bond donors (Lipinski definition) is 1. The molecule has 0 saturated heterocycles. The van der Waals surface area contributed by atoms with Gasteiger partial charge in [-0.2, -0.15) is 0 Å². The highest BCUT2D eigenvalue weighted by Crippen LogP contribution is 2.32. The first-order valence-electron chi connectivity index (χ1n) is 6.81. The van der Waals surface area contributed by atoms with Crippen molar-refractivity contribution in [3.63, 3.8) is 0 Å². The van der Waals surface area contributed by atoms with Crippen molar-refractivity contribution < 1.29 is 14.3 Å². The number of nitrogens with zero attached hydrogens (tertiary/aromatic N) is 1. The molecule has 110 valence electrons. The summed E-state index contributed by atoms with van der Waals surface area (Å²) in [5.74, 6) is 1.36. The van der Waals surface area contributed by atoms with Crippen LogP contribution in [0, 0.1) is 6.92 Å². The van der Waals surface area contributed by atoms with Gasteiger partial charge in [0.15, 0.2) is 11.5 Å². The Morgan fingerprint density at radius 2 is 2.14 bits per heavy atom. The van der Waals surface area contributed by atoms with Crippen molar-refractivity contribution in [3.05, 3.63) is 34.3 Å². The van der Waals surface area contributed by atoms with Crippen molar-refractivity contribution in [1.29, 1.82) is 0 Å². The van der Waals surface area contributed by atoms with E-state index >= 15 is 0 Å². The van der Waals surface area contributed by atoms with Gasteiger partial charge in [0.05, 0.1) is 10.7 Å². The molecule has 21 heavy (non-hydrogen) atoms. The Hall–Kier alpha value is -2.08. The van der Waals surface area contributed by atoms with Crippen molar-refractivity contribution in [2.45, 2.75) is 19.8 Å². The summed E-state index contributed by atoms with van der Waals surface area (Å²) in [7, 11) is 0. The van der Waals surface area contributed by atoms with Crippen molar-refractivity contribution in [1.82, 2.24) is 4.98 Å². The van der Waals surface area contributed by atoms with Gasteiger partial charge in [0, 0.05) is 23.6 Å². The number of benzene rings is 1. The van der Waals surface area contributed by atoms with Crippen molar-refractivity contribution >= 4 is 22.9 Å². The van der Waals surface area contributed by atoms with E-state index in [2.05, 4.69) is 10.3 Å². The average Bonchev–Trinajstić information content (AvgIpc) is 2.91. The molecule has 0 unspecified atom stereocenters. The summed E-state index contributed by atoms with van der Waals surface area (Å²) >= 11 is 1.60. The topological polar surface area (TPSA) is 60.5 Å². The molecule has 5 nitrogen and oxygen atoms in total. The van der Waals surface area contributed by atoms with E-state index in [1.165, 1.54) is 0 Å². The first-order valence-corrected chi connectivity index (χ1v) is 7.69. The minimum Gasteiger partial charge on any atom is -0.486 e. The highest BCUT2D eigenvalue weighted by Gasteiger charge is 2.13.